The number of rotatable bonds is 4. The maximum atomic E-state index is 12.0. The molecule has 2 aromatic heterocycles. The molecule has 1 aliphatic rings. The van der Waals surface area contributed by atoms with Crippen molar-refractivity contribution in [1.82, 2.24) is 20.1 Å². The van der Waals surface area contributed by atoms with Crippen LogP contribution >= 0.6 is 0 Å². The first-order chi connectivity index (χ1) is 10.2. The number of hydrogen-bond acceptors (Lipinski definition) is 3. The molecule has 0 bridgehead atoms. The number of amides is 1. The topological polar surface area (TPSA) is 66.0 Å². The second-order valence-electron chi connectivity index (χ2n) is 5.59. The number of nitrogens with zero attached hydrogens (tertiary/aromatic N) is 3. The van der Waals surface area contributed by atoms with Gasteiger partial charge in [-0.05, 0) is 31.9 Å². The summed E-state index contributed by atoms with van der Waals surface area (Å²) in [6.07, 6.45) is 5.73. The maximum absolute atomic E-state index is 12.0. The lowest BCUT2D eigenvalue weighted by atomic mass is 10.1. The van der Waals surface area contributed by atoms with E-state index in [1.165, 1.54) is 0 Å². The zero-order chi connectivity index (χ0) is 14.7. The van der Waals surface area contributed by atoms with Crippen molar-refractivity contribution in [1.29, 1.82) is 0 Å². The number of aromatic amines is 1. The summed E-state index contributed by atoms with van der Waals surface area (Å²) in [6, 6.07) is 6.18. The highest BCUT2D eigenvalue weighted by Gasteiger charge is 2.21. The van der Waals surface area contributed by atoms with Gasteiger partial charge >= 0.3 is 0 Å². The lowest BCUT2D eigenvalue weighted by Gasteiger charge is -2.32. The van der Waals surface area contributed by atoms with Crippen LogP contribution in [0.2, 0.25) is 0 Å². The van der Waals surface area contributed by atoms with Gasteiger partial charge in [-0.25, -0.2) is 0 Å². The van der Waals surface area contributed by atoms with Crippen molar-refractivity contribution in [3.8, 4) is 0 Å². The van der Waals surface area contributed by atoms with E-state index in [1.54, 1.807) is 0 Å². The summed E-state index contributed by atoms with van der Waals surface area (Å²) in [5.74, 6) is 1.09. The van der Waals surface area contributed by atoms with Crippen LogP contribution in [-0.4, -0.2) is 39.8 Å². The smallest absolute Gasteiger partial charge is 0.240 e. The molecule has 1 amide bonds. The normalized spacial score (nSPS) is 16.1. The van der Waals surface area contributed by atoms with Crippen LogP contribution in [-0.2, 0) is 11.3 Å². The fourth-order valence-electron chi connectivity index (χ4n) is 2.73. The molecule has 2 N–H and O–H groups in total. The molecule has 0 unspecified atom stereocenters. The SMILES string of the molecule is Cc1cc(N2CCC(NC(=O)Cn3cccc3)CC2)n[nH]1. The van der Waals surface area contributed by atoms with Gasteiger partial charge in [-0.3, -0.25) is 9.89 Å². The zero-order valence-corrected chi connectivity index (χ0v) is 12.2. The van der Waals surface area contributed by atoms with Gasteiger partial charge in [-0.1, -0.05) is 0 Å². The zero-order valence-electron chi connectivity index (χ0n) is 12.2. The van der Waals surface area contributed by atoms with Crippen LogP contribution in [0.4, 0.5) is 5.82 Å². The van der Waals surface area contributed by atoms with Crippen LogP contribution in [0.1, 0.15) is 18.5 Å². The Morgan fingerprint density at radius 1 is 1.38 bits per heavy atom. The van der Waals surface area contributed by atoms with Crippen molar-refractivity contribution >= 4 is 11.7 Å². The molecule has 2 aromatic rings. The molecular formula is C15H21N5O. The van der Waals surface area contributed by atoms with Gasteiger partial charge in [0.05, 0.1) is 0 Å². The van der Waals surface area contributed by atoms with Crippen LogP contribution in [0.5, 0.6) is 0 Å². The van der Waals surface area contributed by atoms with Crippen LogP contribution in [0.25, 0.3) is 0 Å². The Morgan fingerprint density at radius 2 is 2.10 bits per heavy atom. The summed E-state index contributed by atoms with van der Waals surface area (Å²) in [4.78, 5) is 14.2. The minimum Gasteiger partial charge on any atom is -0.355 e. The first-order valence-corrected chi connectivity index (χ1v) is 7.38. The maximum Gasteiger partial charge on any atom is 0.240 e. The van der Waals surface area contributed by atoms with E-state index >= 15 is 0 Å². The lowest BCUT2D eigenvalue weighted by Crippen LogP contribution is -2.45. The predicted octanol–water partition coefficient (Wildman–Crippen LogP) is 1.30. The Hall–Kier alpha value is -2.24. The fourth-order valence-corrected chi connectivity index (χ4v) is 2.73. The predicted molar refractivity (Wildman–Crippen MR) is 81.1 cm³/mol. The van der Waals surface area contributed by atoms with Crippen molar-refractivity contribution in [2.45, 2.75) is 32.4 Å². The quantitative estimate of drug-likeness (QED) is 0.891. The fraction of sp³-hybridized carbons (Fsp3) is 0.467. The van der Waals surface area contributed by atoms with E-state index in [0.717, 1.165) is 37.4 Å². The monoisotopic (exact) mass is 287 g/mol. The van der Waals surface area contributed by atoms with E-state index in [9.17, 15) is 4.79 Å². The van der Waals surface area contributed by atoms with Crippen molar-refractivity contribution in [2.24, 2.45) is 0 Å². The number of carbonyl (C=O) groups excluding carboxylic acids is 1. The molecule has 21 heavy (non-hydrogen) atoms. The molecule has 0 atom stereocenters. The number of carbonyl (C=O) groups is 1. The number of H-pyrrole nitrogens is 1. The van der Waals surface area contributed by atoms with Crippen molar-refractivity contribution in [2.75, 3.05) is 18.0 Å². The first-order valence-electron chi connectivity index (χ1n) is 7.38. The van der Waals surface area contributed by atoms with Gasteiger partial charge in [0.25, 0.3) is 0 Å². The average Bonchev–Trinajstić information content (AvgIpc) is 3.11. The van der Waals surface area contributed by atoms with Gasteiger partial charge in [0, 0.05) is 43.3 Å². The van der Waals surface area contributed by atoms with Gasteiger partial charge in [0.15, 0.2) is 5.82 Å². The van der Waals surface area contributed by atoms with E-state index in [1.807, 2.05) is 36.0 Å². The van der Waals surface area contributed by atoms with Crippen molar-refractivity contribution < 1.29 is 4.79 Å². The minimum absolute atomic E-state index is 0.0836. The Bertz CT molecular complexity index is 581. The van der Waals surface area contributed by atoms with Crippen LogP contribution < -0.4 is 10.2 Å². The summed E-state index contributed by atoms with van der Waals surface area (Å²) in [5, 5.41) is 10.4. The number of anilines is 1. The second-order valence-corrected chi connectivity index (χ2v) is 5.59. The molecule has 0 saturated carbocycles. The van der Waals surface area contributed by atoms with Crippen LogP contribution in [0.15, 0.2) is 30.6 Å². The number of hydrogen-bond donors (Lipinski definition) is 2. The van der Waals surface area contributed by atoms with Crippen LogP contribution in [0, 0.1) is 6.92 Å². The molecule has 1 fully saturated rings. The lowest BCUT2D eigenvalue weighted by molar-refractivity contribution is -0.122. The molecule has 1 aliphatic heterocycles. The molecule has 0 aliphatic carbocycles. The molecule has 0 aromatic carbocycles. The van der Waals surface area contributed by atoms with E-state index in [-0.39, 0.29) is 11.9 Å². The standard InChI is InChI=1S/C15H21N5O/c1-12-10-14(18-17-12)20-8-4-13(5-9-20)16-15(21)11-19-6-2-3-7-19/h2-3,6-7,10,13H,4-5,8-9,11H2,1H3,(H,16,21)(H,17,18). The van der Waals surface area contributed by atoms with Gasteiger partial charge in [0.2, 0.25) is 5.91 Å². The highest BCUT2D eigenvalue weighted by Crippen LogP contribution is 2.18. The molecule has 0 radical (unpaired) electrons. The molecule has 1 saturated heterocycles. The van der Waals surface area contributed by atoms with Gasteiger partial charge in [0.1, 0.15) is 6.54 Å². The van der Waals surface area contributed by atoms with E-state index < -0.39 is 0 Å². The Labute approximate surface area is 124 Å². The first kappa shape index (κ1) is 13.7. The Kier molecular flexibility index (Phi) is 3.94. The summed E-state index contributed by atoms with van der Waals surface area (Å²) in [7, 11) is 0. The average molecular weight is 287 g/mol. The third kappa shape index (κ3) is 3.45. The Morgan fingerprint density at radius 3 is 2.71 bits per heavy atom. The summed E-state index contributed by atoms with van der Waals surface area (Å²) in [6.45, 7) is 4.26. The highest BCUT2D eigenvalue weighted by atomic mass is 16.2. The molecule has 3 heterocycles. The molecule has 6 nitrogen and oxygen atoms in total. The van der Waals surface area contributed by atoms with E-state index in [2.05, 4.69) is 26.5 Å². The third-order valence-electron chi connectivity index (χ3n) is 3.87. The number of piperidine rings is 1. The van der Waals surface area contributed by atoms with E-state index in [0.29, 0.717) is 6.54 Å². The van der Waals surface area contributed by atoms with Gasteiger partial charge in [-0.15, -0.1) is 0 Å². The molecule has 3 rings (SSSR count). The molecule has 0 spiro atoms. The van der Waals surface area contributed by atoms with Crippen LogP contribution in [0.3, 0.4) is 0 Å². The molecular weight excluding hydrogens is 266 g/mol. The molecule has 6 heteroatoms. The minimum atomic E-state index is 0.0836. The Balaban J connectivity index is 1.46. The highest BCUT2D eigenvalue weighted by molar-refractivity contribution is 5.76. The number of nitrogens with one attached hydrogen (secondary N) is 2. The summed E-state index contributed by atoms with van der Waals surface area (Å²) >= 11 is 0. The van der Waals surface area contributed by atoms with E-state index in [4.69, 9.17) is 0 Å². The number of aryl methyl sites for hydroxylation is 1. The summed E-state index contributed by atoms with van der Waals surface area (Å²) in [5.41, 5.74) is 1.08. The number of aromatic nitrogens is 3. The van der Waals surface area contributed by atoms with Crippen molar-refractivity contribution in [3.63, 3.8) is 0 Å². The third-order valence-corrected chi connectivity index (χ3v) is 3.87. The van der Waals surface area contributed by atoms with Crippen molar-refractivity contribution in [3.05, 3.63) is 36.3 Å². The summed E-state index contributed by atoms with van der Waals surface area (Å²) < 4.78 is 1.89. The van der Waals surface area contributed by atoms with Gasteiger partial charge < -0.3 is 14.8 Å². The second kappa shape index (κ2) is 6.03. The molecule has 112 valence electrons. The van der Waals surface area contributed by atoms with Gasteiger partial charge in [-0.2, -0.15) is 5.10 Å². The largest absolute Gasteiger partial charge is 0.355 e.